The minimum Gasteiger partial charge on any atom is -0.376 e. The quantitative estimate of drug-likeness (QED) is 0.789. The van der Waals surface area contributed by atoms with Gasteiger partial charge in [0.2, 0.25) is 0 Å². The van der Waals surface area contributed by atoms with Crippen molar-refractivity contribution in [1.29, 1.82) is 0 Å². The van der Waals surface area contributed by atoms with Crippen molar-refractivity contribution in [3.8, 4) is 0 Å². The van der Waals surface area contributed by atoms with Gasteiger partial charge in [-0.25, -0.2) is 9.97 Å². The Balaban J connectivity index is 1.53. The highest BCUT2D eigenvalue weighted by molar-refractivity contribution is 5.46. The normalized spacial score (nSPS) is 20.7. The van der Waals surface area contributed by atoms with Crippen LogP contribution in [0.4, 0.5) is 11.6 Å². The fraction of sp³-hybridized carbons (Fsp3) is 0.714. The summed E-state index contributed by atoms with van der Waals surface area (Å²) in [5, 5.41) is 6.73. The molecule has 3 rings (SSSR count). The highest BCUT2D eigenvalue weighted by Gasteiger charge is 2.36. The standard InChI is InChI=1S/C14H22N4O/c1-19-14(5-2-6-14)9-16-13-7-12(17-10-18-13)15-8-11-3-4-11/h7,10-11H,2-6,8-9H2,1H3,(H2,15,16,17,18). The lowest BCUT2D eigenvalue weighted by molar-refractivity contribution is -0.0601. The zero-order valence-electron chi connectivity index (χ0n) is 11.5. The van der Waals surface area contributed by atoms with E-state index in [1.165, 1.54) is 19.3 Å². The van der Waals surface area contributed by atoms with E-state index in [-0.39, 0.29) is 5.60 Å². The fourth-order valence-electron chi connectivity index (χ4n) is 2.40. The van der Waals surface area contributed by atoms with Crippen LogP contribution in [0.3, 0.4) is 0 Å². The average molecular weight is 262 g/mol. The van der Waals surface area contributed by atoms with Gasteiger partial charge in [-0.15, -0.1) is 0 Å². The van der Waals surface area contributed by atoms with Crippen molar-refractivity contribution in [2.75, 3.05) is 30.8 Å². The Morgan fingerprint density at radius 2 is 2.00 bits per heavy atom. The van der Waals surface area contributed by atoms with Gasteiger partial charge in [-0.2, -0.15) is 0 Å². The summed E-state index contributed by atoms with van der Waals surface area (Å²) >= 11 is 0. The lowest BCUT2D eigenvalue weighted by atomic mass is 9.80. The minimum absolute atomic E-state index is 0.0204. The number of nitrogens with one attached hydrogen (secondary N) is 2. The summed E-state index contributed by atoms with van der Waals surface area (Å²) in [5.74, 6) is 2.62. The second-order valence-electron chi connectivity index (χ2n) is 5.71. The van der Waals surface area contributed by atoms with E-state index in [1.807, 2.05) is 6.07 Å². The van der Waals surface area contributed by atoms with Gasteiger partial charge in [0, 0.05) is 26.3 Å². The van der Waals surface area contributed by atoms with E-state index in [2.05, 4.69) is 20.6 Å². The second kappa shape index (κ2) is 5.33. The number of hydrogen-bond donors (Lipinski definition) is 2. The van der Waals surface area contributed by atoms with Crippen LogP contribution in [-0.2, 0) is 4.74 Å². The number of aromatic nitrogens is 2. The Morgan fingerprint density at radius 3 is 2.58 bits per heavy atom. The van der Waals surface area contributed by atoms with Crippen molar-refractivity contribution >= 4 is 11.6 Å². The average Bonchev–Trinajstić information content (AvgIpc) is 3.20. The zero-order valence-corrected chi connectivity index (χ0v) is 11.5. The summed E-state index contributed by atoms with van der Waals surface area (Å²) in [6, 6.07) is 1.98. The Bertz CT molecular complexity index is 424. The maximum absolute atomic E-state index is 5.59. The molecule has 1 heterocycles. The first-order chi connectivity index (χ1) is 9.30. The van der Waals surface area contributed by atoms with E-state index in [9.17, 15) is 0 Å². The fourth-order valence-corrected chi connectivity index (χ4v) is 2.40. The van der Waals surface area contributed by atoms with Gasteiger partial charge in [-0.1, -0.05) is 0 Å². The molecule has 0 unspecified atom stereocenters. The molecular weight excluding hydrogens is 240 g/mol. The zero-order chi connectivity index (χ0) is 13.1. The topological polar surface area (TPSA) is 59.1 Å². The molecule has 2 saturated carbocycles. The molecule has 5 nitrogen and oxygen atoms in total. The molecule has 0 bridgehead atoms. The molecule has 104 valence electrons. The Labute approximate surface area is 114 Å². The van der Waals surface area contributed by atoms with Crippen LogP contribution < -0.4 is 10.6 Å². The van der Waals surface area contributed by atoms with Gasteiger partial charge in [-0.05, 0) is 38.0 Å². The second-order valence-corrected chi connectivity index (χ2v) is 5.71. The van der Waals surface area contributed by atoms with Crippen LogP contribution in [0.15, 0.2) is 12.4 Å². The molecule has 2 N–H and O–H groups in total. The highest BCUT2D eigenvalue weighted by Crippen LogP contribution is 2.35. The maximum Gasteiger partial charge on any atom is 0.131 e. The van der Waals surface area contributed by atoms with Crippen LogP contribution in [0.2, 0.25) is 0 Å². The van der Waals surface area contributed by atoms with Crippen molar-refractivity contribution in [3.63, 3.8) is 0 Å². The third kappa shape index (κ3) is 3.15. The van der Waals surface area contributed by atoms with E-state index in [0.29, 0.717) is 0 Å². The maximum atomic E-state index is 5.59. The van der Waals surface area contributed by atoms with Gasteiger partial charge in [0.15, 0.2) is 0 Å². The van der Waals surface area contributed by atoms with Gasteiger partial charge >= 0.3 is 0 Å². The van der Waals surface area contributed by atoms with Crippen molar-refractivity contribution in [1.82, 2.24) is 9.97 Å². The molecule has 5 heteroatoms. The van der Waals surface area contributed by atoms with E-state index in [4.69, 9.17) is 4.74 Å². The molecule has 0 amide bonds. The Hall–Kier alpha value is -1.36. The van der Waals surface area contributed by atoms with E-state index in [1.54, 1.807) is 13.4 Å². The monoisotopic (exact) mass is 262 g/mol. The smallest absolute Gasteiger partial charge is 0.131 e. The number of methoxy groups -OCH3 is 1. The number of hydrogen-bond acceptors (Lipinski definition) is 5. The largest absolute Gasteiger partial charge is 0.376 e. The molecule has 2 aliphatic carbocycles. The first kappa shape index (κ1) is 12.7. The molecule has 0 spiro atoms. The summed E-state index contributed by atoms with van der Waals surface area (Å²) in [7, 11) is 1.80. The predicted octanol–water partition coefficient (Wildman–Crippen LogP) is 2.28. The minimum atomic E-state index is 0.0204. The summed E-state index contributed by atoms with van der Waals surface area (Å²) in [6.07, 6.45) is 7.83. The number of ether oxygens (including phenoxy) is 1. The first-order valence-electron chi connectivity index (χ1n) is 7.15. The van der Waals surface area contributed by atoms with Crippen LogP contribution in [-0.4, -0.2) is 35.8 Å². The highest BCUT2D eigenvalue weighted by atomic mass is 16.5. The summed E-state index contributed by atoms with van der Waals surface area (Å²) < 4.78 is 5.59. The molecule has 1 aromatic heterocycles. The van der Waals surface area contributed by atoms with Gasteiger partial charge in [0.05, 0.1) is 5.60 Å². The van der Waals surface area contributed by atoms with Crippen molar-refractivity contribution in [3.05, 3.63) is 12.4 Å². The van der Waals surface area contributed by atoms with Crippen LogP contribution in [0.25, 0.3) is 0 Å². The molecule has 0 atom stereocenters. The summed E-state index contributed by atoms with van der Waals surface area (Å²) in [4.78, 5) is 8.50. The lowest BCUT2D eigenvalue weighted by Crippen LogP contribution is -2.45. The van der Waals surface area contributed by atoms with Crippen molar-refractivity contribution in [2.24, 2.45) is 5.92 Å². The number of rotatable bonds is 7. The van der Waals surface area contributed by atoms with Crippen molar-refractivity contribution < 1.29 is 4.74 Å². The molecule has 0 aliphatic heterocycles. The third-order valence-electron chi connectivity index (χ3n) is 4.23. The van der Waals surface area contributed by atoms with E-state index in [0.717, 1.165) is 43.5 Å². The van der Waals surface area contributed by atoms with Crippen LogP contribution >= 0.6 is 0 Å². The lowest BCUT2D eigenvalue weighted by Gasteiger charge is -2.40. The molecule has 0 radical (unpaired) electrons. The number of nitrogens with zero attached hydrogens (tertiary/aromatic N) is 2. The van der Waals surface area contributed by atoms with Crippen LogP contribution in [0.1, 0.15) is 32.1 Å². The Morgan fingerprint density at radius 1 is 1.26 bits per heavy atom. The van der Waals surface area contributed by atoms with Crippen molar-refractivity contribution in [2.45, 2.75) is 37.7 Å². The van der Waals surface area contributed by atoms with Gasteiger partial charge in [0.25, 0.3) is 0 Å². The molecule has 0 aromatic carbocycles. The van der Waals surface area contributed by atoms with Crippen LogP contribution in [0.5, 0.6) is 0 Å². The Kier molecular flexibility index (Phi) is 3.55. The molecular formula is C14H22N4O. The van der Waals surface area contributed by atoms with Crippen LogP contribution in [0, 0.1) is 5.92 Å². The summed E-state index contributed by atoms with van der Waals surface area (Å²) in [6.45, 7) is 1.85. The van der Waals surface area contributed by atoms with Gasteiger partial charge in [0.1, 0.15) is 18.0 Å². The van der Waals surface area contributed by atoms with E-state index < -0.39 is 0 Å². The van der Waals surface area contributed by atoms with Gasteiger partial charge < -0.3 is 15.4 Å². The molecule has 19 heavy (non-hydrogen) atoms. The van der Waals surface area contributed by atoms with Gasteiger partial charge in [-0.3, -0.25) is 0 Å². The molecule has 1 aromatic rings. The first-order valence-corrected chi connectivity index (χ1v) is 7.15. The number of anilines is 2. The molecule has 2 fully saturated rings. The van der Waals surface area contributed by atoms with E-state index >= 15 is 0 Å². The molecule has 2 aliphatic rings. The SMILES string of the molecule is COC1(CNc2cc(NCC3CC3)ncn2)CCC1. The predicted molar refractivity (Wildman–Crippen MR) is 75.3 cm³/mol. The third-order valence-corrected chi connectivity index (χ3v) is 4.23. The summed E-state index contributed by atoms with van der Waals surface area (Å²) in [5.41, 5.74) is 0.0204. The molecule has 0 saturated heterocycles.